The molecule has 0 saturated carbocycles. The number of Topliss-reactive ketones (excluding diaryl/α,β-unsaturated/α-hetero) is 1. The number of ketones is 1. The zero-order valence-corrected chi connectivity index (χ0v) is 9.40. The maximum Gasteiger partial charge on any atom is 0.144 e. The van der Waals surface area contributed by atoms with E-state index in [9.17, 15) is 4.79 Å². The van der Waals surface area contributed by atoms with E-state index in [1.165, 1.54) is 0 Å². The van der Waals surface area contributed by atoms with Crippen LogP contribution in [0.2, 0.25) is 0 Å². The molecule has 12 heavy (non-hydrogen) atoms. The smallest absolute Gasteiger partial charge is 0.144 e. The molecule has 0 aromatic carbocycles. The molecule has 0 N–H and O–H groups in total. The quantitative estimate of drug-likeness (QED) is 0.540. The average Bonchev–Trinajstić information content (AvgIpc) is 2.02. The van der Waals surface area contributed by atoms with E-state index in [2.05, 4.69) is 22.5 Å². The van der Waals surface area contributed by atoms with Gasteiger partial charge in [0.2, 0.25) is 0 Å². The molecule has 70 valence electrons. The van der Waals surface area contributed by atoms with Gasteiger partial charge in [0.25, 0.3) is 0 Å². The van der Waals surface area contributed by atoms with Crippen LogP contribution in [0, 0.1) is 5.41 Å². The maximum absolute atomic E-state index is 11.1. The molecule has 0 aliphatic rings. The summed E-state index contributed by atoms with van der Waals surface area (Å²) in [5.41, 5.74) is -0.264. The number of hydrogen-bond donors (Lipinski definition) is 0. The van der Waals surface area contributed by atoms with Crippen molar-refractivity contribution in [2.45, 2.75) is 20.3 Å². The molecule has 0 atom stereocenters. The van der Waals surface area contributed by atoms with Crippen LogP contribution in [-0.4, -0.2) is 18.2 Å². The molecule has 0 aliphatic heterocycles. The number of alkyl halides is 1. The third kappa shape index (κ3) is 3.39. The molecule has 0 rings (SSSR count). The first-order valence-electron chi connectivity index (χ1n) is 3.75. The molecule has 0 heterocycles. The lowest BCUT2D eigenvalue weighted by atomic mass is 9.86. The fourth-order valence-electron chi connectivity index (χ4n) is 0.915. The molecule has 0 bridgehead atoms. The van der Waals surface area contributed by atoms with Gasteiger partial charge in [0.05, 0.1) is 18.2 Å². The minimum absolute atomic E-state index is 0.165. The van der Waals surface area contributed by atoms with E-state index < -0.39 is 0 Å². The summed E-state index contributed by atoms with van der Waals surface area (Å²) < 4.78 is 5.00. The Morgan fingerprint density at radius 2 is 2.08 bits per heavy atom. The first kappa shape index (κ1) is 11.7. The SMILES string of the molecule is C=C(OC)C(C)(C)CC(=O)CBr. The lowest BCUT2D eigenvalue weighted by Crippen LogP contribution is -2.20. The third-order valence-electron chi connectivity index (χ3n) is 1.79. The lowest BCUT2D eigenvalue weighted by Gasteiger charge is -2.24. The van der Waals surface area contributed by atoms with Crippen molar-refractivity contribution in [3.05, 3.63) is 12.3 Å². The van der Waals surface area contributed by atoms with Gasteiger partial charge in [-0.25, -0.2) is 0 Å². The highest BCUT2D eigenvalue weighted by atomic mass is 79.9. The van der Waals surface area contributed by atoms with Crippen LogP contribution in [-0.2, 0) is 9.53 Å². The van der Waals surface area contributed by atoms with Crippen LogP contribution in [0.25, 0.3) is 0 Å². The van der Waals surface area contributed by atoms with Gasteiger partial charge < -0.3 is 4.74 Å². The Morgan fingerprint density at radius 3 is 2.42 bits per heavy atom. The van der Waals surface area contributed by atoms with Crippen LogP contribution in [0.4, 0.5) is 0 Å². The van der Waals surface area contributed by atoms with Crippen molar-refractivity contribution >= 4 is 21.7 Å². The molecule has 0 unspecified atom stereocenters. The molecule has 3 heteroatoms. The molecular weight excluding hydrogens is 220 g/mol. The second kappa shape index (κ2) is 4.65. The van der Waals surface area contributed by atoms with Gasteiger partial charge in [0, 0.05) is 11.8 Å². The van der Waals surface area contributed by atoms with Crippen molar-refractivity contribution in [3.8, 4) is 0 Å². The van der Waals surface area contributed by atoms with Crippen LogP contribution < -0.4 is 0 Å². The van der Waals surface area contributed by atoms with Gasteiger partial charge in [0.15, 0.2) is 0 Å². The van der Waals surface area contributed by atoms with E-state index in [1.54, 1.807) is 7.11 Å². The van der Waals surface area contributed by atoms with E-state index in [-0.39, 0.29) is 11.2 Å². The topological polar surface area (TPSA) is 26.3 Å². The van der Waals surface area contributed by atoms with Crippen LogP contribution in [0.15, 0.2) is 12.3 Å². The maximum atomic E-state index is 11.1. The molecule has 0 fully saturated rings. The number of hydrogen-bond acceptors (Lipinski definition) is 2. The molecule has 0 amide bonds. The predicted molar refractivity (Wildman–Crippen MR) is 53.3 cm³/mol. The summed E-state index contributed by atoms with van der Waals surface area (Å²) in [5.74, 6) is 0.815. The summed E-state index contributed by atoms with van der Waals surface area (Å²) >= 11 is 3.12. The highest BCUT2D eigenvalue weighted by molar-refractivity contribution is 9.09. The molecule has 0 spiro atoms. The zero-order valence-electron chi connectivity index (χ0n) is 7.82. The fraction of sp³-hybridized carbons (Fsp3) is 0.667. The van der Waals surface area contributed by atoms with Crippen molar-refractivity contribution in [3.63, 3.8) is 0 Å². The molecule has 0 aromatic rings. The zero-order chi connectivity index (χ0) is 9.78. The Morgan fingerprint density at radius 1 is 1.58 bits per heavy atom. The Bertz CT molecular complexity index is 185. The molecule has 0 aromatic heterocycles. The number of halogens is 1. The number of allylic oxidation sites excluding steroid dienone is 1. The molecule has 0 saturated heterocycles. The summed E-state index contributed by atoms with van der Waals surface area (Å²) in [6.07, 6.45) is 0.463. The first-order chi connectivity index (χ1) is 5.44. The fourth-order valence-corrected chi connectivity index (χ4v) is 1.11. The van der Waals surface area contributed by atoms with Crippen molar-refractivity contribution < 1.29 is 9.53 Å². The van der Waals surface area contributed by atoms with Gasteiger partial charge in [-0.1, -0.05) is 36.4 Å². The second-order valence-electron chi connectivity index (χ2n) is 3.36. The standard InChI is InChI=1S/C9H15BrO2/c1-7(12-4)9(2,3)5-8(11)6-10/h1,5-6H2,2-4H3. The van der Waals surface area contributed by atoms with Crippen LogP contribution >= 0.6 is 15.9 Å². The average molecular weight is 235 g/mol. The van der Waals surface area contributed by atoms with E-state index in [4.69, 9.17) is 4.74 Å². The van der Waals surface area contributed by atoms with Gasteiger partial charge in [-0.15, -0.1) is 0 Å². The third-order valence-corrected chi connectivity index (χ3v) is 2.41. The van der Waals surface area contributed by atoms with E-state index in [1.807, 2.05) is 13.8 Å². The Labute approximate surface area is 82.1 Å². The van der Waals surface area contributed by atoms with Gasteiger partial charge in [-0.3, -0.25) is 4.79 Å². The largest absolute Gasteiger partial charge is 0.501 e. The summed E-state index contributed by atoms with van der Waals surface area (Å²) in [6.45, 7) is 7.63. The van der Waals surface area contributed by atoms with Crippen LogP contribution in [0.1, 0.15) is 20.3 Å². The highest BCUT2D eigenvalue weighted by Crippen LogP contribution is 2.29. The Kier molecular flexibility index (Phi) is 4.53. The molecular formula is C9H15BrO2. The first-order valence-corrected chi connectivity index (χ1v) is 4.87. The monoisotopic (exact) mass is 234 g/mol. The number of carbonyl (C=O) groups is 1. The minimum Gasteiger partial charge on any atom is -0.501 e. The van der Waals surface area contributed by atoms with Crippen molar-refractivity contribution in [1.82, 2.24) is 0 Å². The number of rotatable bonds is 5. The summed E-state index contributed by atoms with van der Waals surface area (Å²) in [4.78, 5) is 11.1. The highest BCUT2D eigenvalue weighted by Gasteiger charge is 2.25. The van der Waals surface area contributed by atoms with Crippen molar-refractivity contribution in [2.24, 2.45) is 5.41 Å². The summed E-state index contributed by atoms with van der Waals surface area (Å²) in [6, 6.07) is 0. The lowest BCUT2D eigenvalue weighted by molar-refractivity contribution is -0.118. The van der Waals surface area contributed by atoms with Crippen LogP contribution in [0.5, 0.6) is 0 Å². The molecule has 2 nitrogen and oxygen atoms in total. The van der Waals surface area contributed by atoms with Crippen molar-refractivity contribution in [2.75, 3.05) is 12.4 Å². The molecule has 0 aliphatic carbocycles. The number of methoxy groups -OCH3 is 1. The van der Waals surface area contributed by atoms with Gasteiger partial charge >= 0.3 is 0 Å². The van der Waals surface area contributed by atoms with E-state index >= 15 is 0 Å². The summed E-state index contributed by atoms with van der Waals surface area (Å²) in [7, 11) is 1.57. The predicted octanol–water partition coefficient (Wildman–Crippen LogP) is 2.53. The van der Waals surface area contributed by atoms with E-state index in [0.29, 0.717) is 17.5 Å². The molecule has 0 radical (unpaired) electrons. The van der Waals surface area contributed by atoms with Gasteiger partial charge in [-0.2, -0.15) is 0 Å². The van der Waals surface area contributed by atoms with E-state index in [0.717, 1.165) is 0 Å². The Balaban J connectivity index is 4.21. The van der Waals surface area contributed by atoms with Crippen LogP contribution in [0.3, 0.4) is 0 Å². The van der Waals surface area contributed by atoms with Gasteiger partial charge in [0.1, 0.15) is 5.78 Å². The van der Waals surface area contributed by atoms with Crippen molar-refractivity contribution in [1.29, 1.82) is 0 Å². The normalized spacial score (nSPS) is 11.0. The Hall–Kier alpha value is -0.310. The second-order valence-corrected chi connectivity index (χ2v) is 3.92. The minimum atomic E-state index is -0.264. The number of carbonyl (C=O) groups excluding carboxylic acids is 1. The summed E-state index contributed by atoms with van der Waals surface area (Å²) in [5, 5.41) is 0.396. The number of ether oxygens (including phenoxy) is 1. The van der Waals surface area contributed by atoms with Gasteiger partial charge in [-0.05, 0) is 0 Å².